The van der Waals surface area contributed by atoms with Crippen molar-refractivity contribution in [3.8, 4) is 0 Å². The largest absolute Gasteiger partial charge is 0.458 e. The van der Waals surface area contributed by atoms with Crippen LogP contribution in [0.25, 0.3) is 0 Å². The number of ketones is 1. The maximum absolute atomic E-state index is 12.6. The van der Waals surface area contributed by atoms with Crippen molar-refractivity contribution < 1.29 is 29.0 Å². The van der Waals surface area contributed by atoms with Gasteiger partial charge in [-0.15, -0.1) is 0 Å². The minimum atomic E-state index is -1.40. The number of esters is 1. The van der Waals surface area contributed by atoms with Gasteiger partial charge in [-0.3, -0.25) is 9.59 Å². The zero-order valence-corrected chi connectivity index (χ0v) is 15.1. The zero-order chi connectivity index (χ0) is 19.2. The SMILES string of the molecule is CC(C)c1oc(=O)cc2c1[C@@H](O)[C@H]1OC(=O)[C@@]3(C)CC(=O)[C@@H](O)[C@@]2(C)[C@@H]13. The lowest BCUT2D eigenvalue weighted by atomic mass is 9.48. The summed E-state index contributed by atoms with van der Waals surface area (Å²) < 4.78 is 10.8. The van der Waals surface area contributed by atoms with E-state index in [0.29, 0.717) is 11.1 Å². The van der Waals surface area contributed by atoms with Crippen molar-refractivity contribution in [2.24, 2.45) is 11.3 Å². The summed E-state index contributed by atoms with van der Waals surface area (Å²) in [7, 11) is 0. The van der Waals surface area contributed by atoms with Crippen LogP contribution < -0.4 is 5.63 Å². The lowest BCUT2D eigenvalue weighted by Gasteiger charge is -2.53. The fourth-order valence-corrected chi connectivity index (χ4v) is 5.39. The number of fused-ring (bicyclic) bond motifs is 2. The van der Waals surface area contributed by atoms with Crippen LogP contribution in [0.5, 0.6) is 0 Å². The Balaban J connectivity index is 2.10. The lowest BCUT2D eigenvalue weighted by molar-refractivity contribution is -0.155. The highest BCUT2D eigenvalue weighted by molar-refractivity contribution is 5.94. The van der Waals surface area contributed by atoms with Crippen molar-refractivity contribution in [3.05, 3.63) is 33.4 Å². The molecule has 6 atom stereocenters. The van der Waals surface area contributed by atoms with Crippen molar-refractivity contribution in [2.45, 2.75) is 63.8 Å². The predicted octanol–water partition coefficient (Wildman–Crippen LogP) is 0.950. The van der Waals surface area contributed by atoms with Crippen LogP contribution >= 0.6 is 0 Å². The van der Waals surface area contributed by atoms with E-state index in [2.05, 4.69) is 0 Å². The Morgan fingerprint density at radius 2 is 1.85 bits per heavy atom. The molecule has 3 aliphatic rings. The van der Waals surface area contributed by atoms with Gasteiger partial charge in [0.2, 0.25) is 0 Å². The van der Waals surface area contributed by atoms with Crippen LogP contribution in [0.4, 0.5) is 0 Å². The summed E-state index contributed by atoms with van der Waals surface area (Å²) in [6, 6.07) is 1.23. The Labute approximate surface area is 150 Å². The lowest BCUT2D eigenvalue weighted by Crippen LogP contribution is -2.63. The summed E-state index contributed by atoms with van der Waals surface area (Å²) in [5, 5.41) is 21.8. The number of rotatable bonds is 1. The summed E-state index contributed by atoms with van der Waals surface area (Å²) >= 11 is 0. The first kappa shape index (κ1) is 17.4. The molecule has 0 amide bonds. The van der Waals surface area contributed by atoms with E-state index in [1.165, 1.54) is 6.07 Å². The third-order valence-electron chi connectivity index (χ3n) is 6.52. The third kappa shape index (κ3) is 1.82. The standard InChI is InChI=1S/C19H22O7/c1-7(2)13-11-8(5-10(21)25-13)19(4)15-14(12(11)22)26-17(24)18(15,3)6-9(20)16(19)23/h5,7,12,14-16,22-23H,6H2,1-4H3/t12-,14-,15+,16-,18+,19-/m1/s1. The van der Waals surface area contributed by atoms with Gasteiger partial charge in [0.05, 0.1) is 5.41 Å². The van der Waals surface area contributed by atoms with E-state index in [-0.39, 0.29) is 18.1 Å². The molecule has 4 rings (SSSR count). The molecule has 1 saturated heterocycles. The molecule has 1 aliphatic heterocycles. The average Bonchev–Trinajstić information content (AvgIpc) is 2.82. The molecule has 1 aromatic rings. The molecule has 0 spiro atoms. The van der Waals surface area contributed by atoms with Crippen LogP contribution in [-0.2, 0) is 19.7 Å². The van der Waals surface area contributed by atoms with E-state index in [1.54, 1.807) is 13.8 Å². The van der Waals surface area contributed by atoms with Gasteiger partial charge in [0.25, 0.3) is 0 Å². The molecule has 2 aliphatic carbocycles. The van der Waals surface area contributed by atoms with Gasteiger partial charge in [-0.1, -0.05) is 20.8 Å². The molecule has 2 heterocycles. The summed E-state index contributed by atoms with van der Waals surface area (Å²) in [5.74, 6) is -1.58. The molecule has 140 valence electrons. The summed E-state index contributed by atoms with van der Waals surface area (Å²) in [6.45, 7) is 6.93. The minimum Gasteiger partial charge on any atom is -0.458 e. The van der Waals surface area contributed by atoms with Crippen LogP contribution in [0, 0.1) is 11.3 Å². The van der Waals surface area contributed by atoms with Gasteiger partial charge < -0.3 is 19.4 Å². The fraction of sp³-hybridized carbons (Fsp3) is 0.632. The Morgan fingerprint density at radius 1 is 1.19 bits per heavy atom. The molecular formula is C19H22O7. The monoisotopic (exact) mass is 362 g/mol. The molecule has 0 bridgehead atoms. The van der Waals surface area contributed by atoms with E-state index >= 15 is 0 Å². The second-order valence-corrected chi connectivity index (χ2v) is 8.45. The van der Waals surface area contributed by atoms with Gasteiger partial charge in [-0.05, 0) is 12.5 Å². The Kier molecular flexibility index (Phi) is 3.38. The molecular weight excluding hydrogens is 340 g/mol. The molecule has 2 fully saturated rings. The number of hydrogen-bond acceptors (Lipinski definition) is 7. The highest BCUT2D eigenvalue weighted by Crippen LogP contribution is 2.63. The van der Waals surface area contributed by atoms with Crippen LogP contribution in [0.1, 0.15) is 63.0 Å². The van der Waals surface area contributed by atoms with Gasteiger partial charge in [0.15, 0.2) is 5.78 Å². The molecule has 0 unspecified atom stereocenters. The van der Waals surface area contributed by atoms with Crippen LogP contribution in [0.2, 0.25) is 0 Å². The second-order valence-electron chi connectivity index (χ2n) is 8.45. The average molecular weight is 362 g/mol. The van der Waals surface area contributed by atoms with Crippen LogP contribution in [0.15, 0.2) is 15.3 Å². The third-order valence-corrected chi connectivity index (χ3v) is 6.52. The Hall–Kier alpha value is -1.99. The smallest absolute Gasteiger partial charge is 0.336 e. The first-order valence-corrected chi connectivity index (χ1v) is 8.81. The number of aliphatic hydroxyl groups is 2. The van der Waals surface area contributed by atoms with Crippen molar-refractivity contribution in [1.29, 1.82) is 0 Å². The van der Waals surface area contributed by atoms with Crippen molar-refractivity contribution in [2.75, 3.05) is 0 Å². The van der Waals surface area contributed by atoms with E-state index in [0.717, 1.165) is 0 Å². The van der Waals surface area contributed by atoms with E-state index in [9.17, 15) is 24.6 Å². The quantitative estimate of drug-likeness (QED) is 0.715. The van der Waals surface area contributed by atoms with Gasteiger partial charge in [0, 0.05) is 35.3 Å². The molecule has 2 N–H and O–H groups in total. The maximum Gasteiger partial charge on any atom is 0.336 e. The number of ether oxygens (including phenoxy) is 1. The zero-order valence-electron chi connectivity index (χ0n) is 15.1. The molecule has 7 heteroatoms. The van der Waals surface area contributed by atoms with Gasteiger partial charge in [-0.25, -0.2) is 4.79 Å². The van der Waals surface area contributed by atoms with Crippen LogP contribution in [-0.4, -0.2) is 34.2 Å². The van der Waals surface area contributed by atoms with Gasteiger partial charge in [-0.2, -0.15) is 0 Å². The van der Waals surface area contributed by atoms with Crippen molar-refractivity contribution in [3.63, 3.8) is 0 Å². The number of carbonyl (C=O) groups is 2. The maximum atomic E-state index is 12.6. The molecule has 1 aromatic heterocycles. The number of hydrogen-bond donors (Lipinski definition) is 2. The molecule has 7 nitrogen and oxygen atoms in total. The van der Waals surface area contributed by atoms with Crippen molar-refractivity contribution >= 4 is 11.8 Å². The van der Waals surface area contributed by atoms with E-state index in [4.69, 9.17) is 9.15 Å². The van der Waals surface area contributed by atoms with Gasteiger partial charge in [0.1, 0.15) is 24.1 Å². The summed E-state index contributed by atoms with van der Waals surface area (Å²) in [4.78, 5) is 37.4. The Morgan fingerprint density at radius 3 is 2.46 bits per heavy atom. The molecule has 1 saturated carbocycles. The fourth-order valence-electron chi connectivity index (χ4n) is 5.39. The van der Waals surface area contributed by atoms with Crippen LogP contribution in [0.3, 0.4) is 0 Å². The Bertz CT molecular complexity index is 884. The highest BCUT2D eigenvalue weighted by atomic mass is 16.6. The van der Waals surface area contributed by atoms with E-state index < -0.39 is 52.4 Å². The highest BCUT2D eigenvalue weighted by Gasteiger charge is 2.71. The normalized spacial score (nSPS) is 41.0. The summed E-state index contributed by atoms with van der Waals surface area (Å²) in [5.41, 5.74) is -2.28. The first-order chi connectivity index (χ1) is 12.0. The molecule has 0 aromatic carbocycles. The number of Topliss-reactive ketones (excluding diaryl/α,β-unsaturated/α-hetero) is 1. The minimum absolute atomic E-state index is 0.149. The molecule has 0 radical (unpaired) electrons. The van der Waals surface area contributed by atoms with Gasteiger partial charge >= 0.3 is 11.6 Å². The second kappa shape index (κ2) is 5.04. The predicted molar refractivity (Wildman–Crippen MR) is 88.5 cm³/mol. The molecule has 26 heavy (non-hydrogen) atoms. The van der Waals surface area contributed by atoms with E-state index in [1.807, 2.05) is 13.8 Å². The van der Waals surface area contributed by atoms with Crippen molar-refractivity contribution in [1.82, 2.24) is 0 Å². The number of carbonyl (C=O) groups excluding carboxylic acids is 2. The topological polar surface area (TPSA) is 114 Å². The first-order valence-electron chi connectivity index (χ1n) is 8.81. The number of aliphatic hydroxyl groups excluding tert-OH is 2. The summed E-state index contributed by atoms with van der Waals surface area (Å²) in [6.07, 6.45) is -3.64.